The summed E-state index contributed by atoms with van der Waals surface area (Å²) in [5, 5.41) is 10.5. The van der Waals surface area contributed by atoms with Crippen molar-refractivity contribution in [1.29, 1.82) is 0 Å². The van der Waals surface area contributed by atoms with Crippen molar-refractivity contribution in [2.24, 2.45) is 11.8 Å². The van der Waals surface area contributed by atoms with Crippen molar-refractivity contribution < 1.29 is 18.7 Å². The first-order valence-corrected chi connectivity index (χ1v) is 10.7. The van der Waals surface area contributed by atoms with Crippen molar-refractivity contribution in [3.63, 3.8) is 0 Å². The van der Waals surface area contributed by atoms with Crippen LogP contribution < -0.4 is 0 Å². The summed E-state index contributed by atoms with van der Waals surface area (Å²) in [4.78, 5) is 28.8. The molecule has 3 heterocycles. The number of hydrogen-bond donors (Lipinski definition) is 1. The van der Waals surface area contributed by atoms with E-state index in [4.69, 9.17) is 4.74 Å². The minimum absolute atomic E-state index is 0.0277. The Morgan fingerprint density at radius 1 is 1.10 bits per heavy atom. The molecule has 3 aliphatic rings. The van der Waals surface area contributed by atoms with Crippen molar-refractivity contribution >= 4 is 23.0 Å². The molecule has 8 nitrogen and oxygen atoms in total. The molecule has 2 amide bonds. The quantitative estimate of drug-likeness (QED) is 0.832. The fraction of sp³-hybridized carbons (Fsp3) is 0.619. The fourth-order valence-electron chi connectivity index (χ4n) is 5.08. The van der Waals surface area contributed by atoms with Crippen molar-refractivity contribution in [2.45, 2.75) is 37.8 Å². The minimum atomic E-state index is -1.36. The van der Waals surface area contributed by atoms with Crippen LogP contribution in [0.15, 0.2) is 18.2 Å². The fourth-order valence-corrected chi connectivity index (χ4v) is 5.08. The summed E-state index contributed by atoms with van der Waals surface area (Å²) in [6.07, 6.45) is 3.29. The monoisotopic (exact) mass is 415 g/mol. The molecule has 0 unspecified atom stereocenters. The molecule has 160 valence electrons. The van der Waals surface area contributed by atoms with Gasteiger partial charge in [0.05, 0.1) is 5.52 Å². The van der Waals surface area contributed by atoms with Gasteiger partial charge in [0.25, 0.3) is 5.91 Å². The summed E-state index contributed by atoms with van der Waals surface area (Å²) in [6, 6.07) is 5.33. The first-order chi connectivity index (χ1) is 14.5. The zero-order valence-corrected chi connectivity index (χ0v) is 16.8. The van der Waals surface area contributed by atoms with Crippen LogP contribution in [0.4, 0.5) is 9.18 Å². The molecule has 1 aromatic carbocycles. The smallest absolute Gasteiger partial charge is 0.409 e. The zero-order chi connectivity index (χ0) is 20.7. The van der Waals surface area contributed by atoms with Crippen LogP contribution in [0, 0.1) is 11.8 Å². The highest BCUT2D eigenvalue weighted by Crippen LogP contribution is 2.34. The zero-order valence-electron chi connectivity index (χ0n) is 16.8. The third-order valence-electron chi connectivity index (χ3n) is 6.81. The molecular weight excluding hydrogens is 389 g/mol. The Morgan fingerprint density at radius 3 is 2.53 bits per heavy atom. The van der Waals surface area contributed by atoms with E-state index in [0.717, 1.165) is 24.8 Å². The van der Waals surface area contributed by atoms with Gasteiger partial charge < -0.3 is 14.5 Å². The molecule has 1 saturated carbocycles. The number of ether oxygens (including phenoxy) is 1. The SMILES string of the molecule is O=C(OCC1(F)CCCCC1)N1C[C@@H]2CN(C(=O)c3ccc4[nH]nnc4c3)C[C@@H]2C1. The molecule has 2 aromatic rings. The maximum atomic E-state index is 14.7. The van der Waals surface area contributed by atoms with Gasteiger partial charge in [0, 0.05) is 43.6 Å². The largest absolute Gasteiger partial charge is 0.446 e. The number of amides is 2. The number of aromatic nitrogens is 3. The number of nitrogens with zero attached hydrogens (tertiary/aromatic N) is 4. The first kappa shape index (κ1) is 19.3. The number of rotatable bonds is 3. The molecule has 1 aromatic heterocycles. The average Bonchev–Trinajstić information content (AvgIpc) is 3.46. The van der Waals surface area contributed by atoms with Gasteiger partial charge in [0.1, 0.15) is 17.8 Å². The van der Waals surface area contributed by atoms with Crippen LogP contribution in [-0.4, -0.2) is 75.7 Å². The topological polar surface area (TPSA) is 91.4 Å². The Balaban J connectivity index is 1.15. The van der Waals surface area contributed by atoms with Crippen LogP contribution in [0.3, 0.4) is 0 Å². The number of alkyl halides is 1. The highest BCUT2D eigenvalue weighted by Gasteiger charge is 2.44. The second-order valence-electron chi connectivity index (χ2n) is 8.95. The first-order valence-electron chi connectivity index (χ1n) is 10.7. The lowest BCUT2D eigenvalue weighted by molar-refractivity contribution is 0.0103. The van der Waals surface area contributed by atoms with Crippen LogP contribution in [0.1, 0.15) is 42.5 Å². The number of aromatic amines is 1. The molecule has 0 radical (unpaired) electrons. The Morgan fingerprint density at radius 2 is 1.80 bits per heavy atom. The van der Waals surface area contributed by atoms with Crippen LogP contribution >= 0.6 is 0 Å². The minimum Gasteiger partial charge on any atom is -0.446 e. The summed E-state index contributed by atoms with van der Waals surface area (Å²) in [5.74, 6) is 0.428. The Bertz CT molecular complexity index is 943. The molecule has 2 saturated heterocycles. The van der Waals surface area contributed by atoms with Gasteiger partial charge in [-0.3, -0.25) is 9.89 Å². The number of likely N-dealkylation sites (tertiary alicyclic amines) is 2. The lowest BCUT2D eigenvalue weighted by Crippen LogP contribution is -2.39. The number of fused-ring (bicyclic) bond motifs is 2. The second kappa shape index (κ2) is 7.52. The number of hydrogen-bond acceptors (Lipinski definition) is 5. The molecule has 2 aliphatic heterocycles. The number of benzene rings is 1. The van der Waals surface area contributed by atoms with E-state index < -0.39 is 11.8 Å². The van der Waals surface area contributed by atoms with Gasteiger partial charge in [-0.15, -0.1) is 5.10 Å². The van der Waals surface area contributed by atoms with E-state index in [1.54, 1.807) is 23.1 Å². The predicted molar refractivity (Wildman–Crippen MR) is 107 cm³/mol. The van der Waals surface area contributed by atoms with E-state index in [1.807, 2.05) is 4.90 Å². The predicted octanol–water partition coefficient (Wildman–Crippen LogP) is 2.77. The number of H-pyrrole nitrogens is 1. The van der Waals surface area contributed by atoms with E-state index in [2.05, 4.69) is 15.4 Å². The van der Waals surface area contributed by atoms with E-state index in [9.17, 15) is 14.0 Å². The molecule has 0 bridgehead atoms. The summed E-state index contributed by atoms with van der Waals surface area (Å²) < 4.78 is 20.0. The van der Waals surface area contributed by atoms with Crippen molar-refractivity contribution in [2.75, 3.05) is 32.8 Å². The third kappa shape index (κ3) is 3.61. The van der Waals surface area contributed by atoms with E-state index >= 15 is 0 Å². The van der Waals surface area contributed by atoms with Gasteiger partial charge in [0.2, 0.25) is 0 Å². The van der Waals surface area contributed by atoms with E-state index in [0.29, 0.717) is 50.1 Å². The summed E-state index contributed by atoms with van der Waals surface area (Å²) >= 11 is 0. The van der Waals surface area contributed by atoms with Crippen LogP contribution in [0.2, 0.25) is 0 Å². The highest BCUT2D eigenvalue weighted by molar-refractivity contribution is 5.97. The maximum absolute atomic E-state index is 14.7. The molecule has 5 rings (SSSR count). The van der Waals surface area contributed by atoms with E-state index in [1.165, 1.54) is 0 Å². The molecular formula is C21H26FN5O3. The van der Waals surface area contributed by atoms with Crippen molar-refractivity contribution in [3.05, 3.63) is 23.8 Å². The average molecular weight is 415 g/mol. The molecule has 3 fully saturated rings. The maximum Gasteiger partial charge on any atom is 0.409 e. The van der Waals surface area contributed by atoms with Crippen LogP contribution in [0.25, 0.3) is 11.0 Å². The standard InChI is InChI=1S/C21H26FN5O3/c22-21(6-2-1-3-7-21)13-30-20(29)27-11-15-9-26(10-16(15)12-27)19(28)14-4-5-17-18(8-14)24-25-23-17/h4-5,8,15-16H,1-3,6-7,9-13H2,(H,23,24,25)/t15-,16+. The molecule has 2 atom stereocenters. The van der Waals surface area contributed by atoms with Gasteiger partial charge in [-0.1, -0.05) is 24.5 Å². The highest BCUT2D eigenvalue weighted by atomic mass is 19.1. The van der Waals surface area contributed by atoms with Gasteiger partial charge in [0.15, 0.2) is 0 Å². The van der Waals surface area contributed by atoms with Crippen LogP contribution in [0.5, 0.6) is 0 Å². The summed E-state index contributed by atoms with van der Waals surface area (Å²) in [5.41, 5.74) is 0.686. The second-order valence-corrected chi connectivity index (χ2v) is 8.95. The lowest BCUT2D eigenvalue weighted by Gasteiger charge is -2.29. The Hall–Kier alpha value is -2.71. The Labute approximate surface area is 173 Å². The van der Waals surface area contributed by atoms with Gasteiger partial charge in [-0.25, -0.2) is 9.18 Å². The van der Waals surface area contributed by atoms with Gasteiger partial charge in [-0.05, 0) is 31.0 Å². The van der Waals surface area contributed by atoms with Gasteiger partial charge in [-0.2, -0.15) is 0 Å². The molecule has 0 spiro atoms. The normalized spacial score (nSPS) is 25.5. The summed E-state index contributed by atoms with van der Waals surface area (Å²) in [7, 11) is 0. The van der Waals surface area contributed by atoms with Gasteiger partial charge >= 0.3 is 6.09 Å². The lowest BCUT2D eigenvalue weighted by atomic mass is 9.87. The summed E-state index contributed by atoms with van der Waals surface area (Å²) in [6.45, 7) is 2.17. The molecule has 9 heteroatoms. The molecule has 1 aliphatic carbocycles. The number of nitrogens with one attached hydrogen (secondary N) is 1. The van der Waals surface area contributed by atoms with Crippen molar-refractivity contribution in [3.8, 4) is 0 Å². The van der Waals surface area contributed by atoms with Crippen LogP contribution in [-0.2, 0) is 4.74 Å². The molecule has 1 N–H and O–H groups in total. The number of carbonyl (C=O) groups excluding carboxylic acids is 2. The third-order valence-corrected chi connectivity index (χ3v) is 6.81. The Kier molecular flexibility index (Phi) is 4.83. The molecule has 30 heavy (non-hydrogen) atoms. The van der Waals surface area contributed by atoms with Crippen molar-refractivity contribution in [1.82, 2.24) is 25.2 Å². The van der Waals surface area contributed by atoms with E-state index in [-0.39, 0.29) is 24.3 Å². The number of carbonyl (C=O) groups is 2. The number of halogens is 1.